The van der Waals surface area contributed by atoms with Gasteiger partial charge in [0.1, 0.15) is 5.60 Å². The predicted molar refractivity (Wildman–Crippen MR) is 132 cm³/mol. The minimum absolute atomic E-state index is 0.313. The van der Waals surface area contributed by atoms with Gasteiger partial charge < -0.3 is 10.2 Å². The molecular formula is C30H24N2O4. The van der Waals surface area contributed by atoms with Gasteiger partial charge in [0.2, 0.25) is 0 Å². The summed E-state index contributed by atoms with van der Waals surface area (Å²) in [5, 5.41) is 24.4. The number of fused-ring (bicyclic) bond motifs is 2. The average molecular weight is 477 g/mol. The number of ketones is 2. The van der Waals surface area contributed by atoms with E-state index in [4.69, 9.17) is 0 Å². The fourth-order valence-electron chi connectivity index (χ4n) is 6.17. The van der Waals surface area contributed by atoms with Crippen molar-refractivity contribution in [3.63, 3.8) is 0 Å². The monoisotopic (exact) mass is 476 g/mol. The van der Waals surface area contributed by atoms with E-state index in [0.717, 1.165) is 5.56 Å². The molecule has 6 rings (SSSR count). The number of carbonyl (C=O) groups excluding carboxylic acids is 2. The molecule has 0 fully saturated rings. The SMILES string of the molecule is O=C(c1ccncc1)C1C(=O)c2ccccc2C1C1(O)c2ccccc2CC1C(O)c1ccncc1. The van der Waals surface area contributed by atoms with Crippen LogP contribution in [0.1, 0.15) is 55.0 Å². The summed E-state index contributed by atoms with van der Waals surface area (Å²) in [6.07, 6.45) is 5.60. The van der Waals surface area contributed by atoms with Crippen molar-refractivity contribution in [1.82, 2.24) is 9.97 Å². The Morgan fingerprint density at radius 3 is 2.28 bits per heavy atom. The van der Waals surface area contributed by atoms with Crippen LogP contribution >= 0.6 is 0 Å². The van der Waals surface area contributed by atoms with Gasteiger partial charge in [-0.2, -0.15) is 0 Å². The molecule has 6 heteroatoms. The summed E-state index contributed by atoms with van der Waals surface area (Å²) in [5.41, 5.74) is 1.91. The van der Waals surface area contributed by atoms with Crippen LogP contribution in [0, 0.1) is 11.8 Å². The van der Waals surface area contributed by atoms with E-state index < -0.39 is 29.5 Å². The summed E-state index contributed by atoms with van der Waals surface area (Å²) < 4.78 is 0. The van der Waals surface area contributed by atoms with Gasteiger partial charge in [-0.3, -0.25) is 19.6 Å². The van der Waals surface area contributed by atoms with E-state index >= 15 is 0 Å². The second-order valence-electron chi connectivity index (χ2n) is 9.53. The molecule has 0 saturated heterocycles. The number of hydrogen-bond donors (Lipinski definition) is 2. The molecule has 5 atom stereocenters. The zero-order valence-corrected chi connectivity index (χ0v) is 19.4. The maximum atomic E-state index is 13.9. The molecule has 5 unspecified atom stereocenters. The topological polar surface area (TPSA) is 100 Å². The largest absolute Gasteiger partial charge is 0.388 e. The highest BCUT2D eigenvalue weighted by Gasteiger charge is 2.61. The van der Waals surface area contributed by atoms with Crippen LogP contribution < -0.4 is 0 Å². The summed E-state index contributed by atoms with van der Waals surface area (Å²) in [7, 11) is 0. The number of nitrogens with zero attached hydrogens (tertiary/aromatic N) is 2. The summed E-state index contributed by atoms with van der Waals surface area (Å²) in [6.45, 7) is 0. The number of aliphatic hydroxyl groups is 2. The van der Waals surface area contributed by atoms with E-state index in [0.29, 0.717) is 34.2 Å². The van der Waals surface area contributed by atoms with E-state index in [-0.39, 0.29) is 11.6 Å². The van der Waals surface area contributed by atoms with Crippen molar-refractivity contribution in [2.24, 2.45) is 11.8 Å². The van der Waals surface area contributed by atoms with Gasteiger partial charge in [0.05, 0.1) is 12.0 Å². The Labute approximate surface area is 208 Å². The second-order valence-corrected chi connectivity index (χ2v) is 9.53. The van der Waals surface area contributed by atoms with E-state index in [9.17, 15) is 19.8 Å². The van der Waals surface area contributed by atoms with Crippen LogP contribution in [0.3, 0.4) is 0 Å². The van der Waals surface area contributed by atoms with Gasteiger partial charge in [-0.1, -0.05) is 48.5 Å². The highest BCUT2D eigenvalue weighted by Crippen LogP contribution is 2.59. The van der Waals surface area contributed by atoms with Gasteiger partial charge >= 0.3 is 0 Å². The number of hydrogen-bond acceptors (Lipinski definition) is 6. The maximum Gasteiger partial charge on any atom is 0.174 e. The molecule has 0 bridgehead atoms. The van der Waals surface area contributed by atoms with Crippen molar-refractivity contribution in [1.29, 1.82) is 0 Å². The van der Waals surface area contributed by atoms with Crippen molar-refractivity contribution in [2.45, 2.75) is 24.0 Å². The van der Waals surface area contributed by atoms with Crippen LogP contribution in [-0.2, 0) is 12.0 Å². The number of Topliss-reactive ketones (excluding diaryl/α,β-unsaturated/α-hetero) is 2. The van der Waals surface area contributed by atoms with E-state index in [1.165, 1.54) is 12.4 Å². The minimum atomic E-state index is -1.67. The fraction of sp³-hybridized carbons (Fsp3) is 0.200. The molecule has 2 aromatic heterocycles. The van der Waals surface area contributed by atoms with Crippen LogP contribution in [0.5, 0.6) is 0 Å². The molecule has 0 radical (unpaired) electrons. The van der Waals surface area contributed by atoms with Crippen LogP contribution in [0.4, 0.5) is 0 Å². The number of rotatable bonds is 5. The van der Waals surface area contributed by atoms with Crippen molar-refractivity contribution >= 4 is 11.6 Å². The number of benzene rings is 2. The van der Waals surface area contributed by atoms with Crippen LogP contribution in [0.2, 0.25) is 0 Å². The molecule has 2 N–H and O–H groups in total. The maximum absolute atomic E-state index is 13.9. The van der Waals surface area contributed by atoms with Crippen LogP contribution in [0.15, 0.2) is 97.6 Å². The second kappa shape index (κ2) is 8.59. The van der Waals surface area contributed by atoms with Crippen molar-refractivity contribution in [2.75, 3.05) is 0 Å². The molecule has 6 nitrogen and oxygen atoms in total. The normalized spacial score (nSPS) is 25.3. The van der Waals surface area contributed by atoms with Crippen LogP contribution in [-0.4, -0.2) is 31.7 Å². The third-order valence-electron chi connectivity index (χ3n) is 7.78. The molecule has 0 saturated carbocycles. The zero-order chi connectivity index (χ0) is 24.9. The summed E-state index contributed by atoms with van der Waals surface area (Å²) >= 11 is 0. The molecule has 0 amide bonds. The summed E-state index contributed by atoms with van der Waals surface area (Å²) in [6, 6.07) is 21.2. The molecule has 2 aliphatic rings. The highest BCUT2D eigenvalue weighted by molar-refractivity contribution is 6.19. The molecule has 2 aromatic carbocycles. The average Bonchev–Trinajstić information content (AvgIpc) is 3.41. The van der Waals surface area contributed by atoms with Gasteiger partial charge in [0.25, 0.3) is 0 Å². The highest BCUT2D eigenvalue weighted by atomic mass is 16.3. The quantitative estimate of drug-likeness (QED) is 0.333. The first-order chi connectivity index (χ1) is 17.5. The van der Waals surface area contributed by atoms with Crippen molar-refractivity contribution in [3.8, 4) is 0 Å². The van der Waals surface area contributed by atoms with Crippen LogP contribution in [0.25, 0.3) is 0 Å². The Balaban J connectivity index is 1.56. The summed E-state index contributed by atoms with van der Waals surface area (Å²) in [5.74, 6) is -3.36. The first kappa shape index (κ1) is 22.5. The molecule has 4 aromatic rings. The van der Waals surface area contributed by atoms with Crippen molar-refractivity contribution in [3.05, 3.63) is 131 Å². The molecular weight excluding hydrogens is 452 g/mol. The first-order valence-corrected chi connectivity index (χ1v) is 12.0. The number of aromatic nitrogens is 2. The molecule has 2 heterocycles. The standard InChI is InChI=1S/C30H24N2O4/c33-27(18-9-13-31-14-10-18)24-17-20-5-1-4-8-23(20)30(24,36)26-21-6-2-3-7-22(21)29(35)25(26)28(34)19-11-15-32-16-12-19/h1-16,24-27,33,36H,17H2. The predicted octanol–water partition coefficient (Wildman–Crippen LogP) is 4.05. The fourth-order valence-corrected chi connectivity index (χ4v) is 6.17. The van der Waals surface area contributed by atoms with E-state index in [1.807, 2.05) is 36.4 Å². The number of pyridine rings is 2. The number of aliphatic hydroxyl groups excluding tert-OH is 1. The Hall–Kier alpha value is -4.00. The van der Waals surface area contributed by atoms with Gasteiger partial charge in [-0.05, 0) is 52.9 Å². The zero-order valence-electron chi connectivity index (χ0n) is 19.4. The van der Waals surface area contributed by atoms with Gasteiger partial charge in [-0.15, -0.1) is 0 Å². The van der Waals surface area contributed by atoms with Gasteiger partial charge in [0.15, 0.2) is 11.6 Å². The molecule has 2 aliphatic carbocycles. The van der Waals surface area contributed by atoms with E-state index in [1.54, 1.807) is 48.8 Å². The lowest BCUT2D eigenvalue weighted by Crippen LogP contribution is -2.45. The Morgan fingerprint density at radius 1 is 0.889 bits per heavy atom. The summed E-state index contributed by atoms with van der Waals surface area (Å²) in [4.78, 5) is 35.7. The Bertz CT molecular complexity index is 1460. The first-order valence-electron chi connectivity index (χ1n) is 12.0. The third-order valence-corrected chi connectivity index (χ3v) is 7.78. The van der Waals surface area contributed by atoms with Crippen molar-refractivity contribution < 1.29 is 19.8 Å². The lowest BCUT2D eigenvalue weighted by molar-refractivity contribution is -0.0906. The molecule has 0 aliphatic heterocycles. The van der Waals surface area contributed by atoms with Gasteiger partial charge in [-0.25, -0.2) is 0 Å². The smallest absolute Gasteiger partial charge is 0.174 e. The van der Waals surface area contributed by atoms with Gasteiger partial charge in [0, 0.05) is 47.8 Å². The molecule has 36 heavy (non-hydrogen) atoms. The Morgan fingerprint density at radius 2 is 1.53 bits per heavy atom. The minimum Gasteiger partial charge on any atom is -0.388 e. The number of carbonyl (C=O) groups is 2. The lowest BCUT2D eigenvalue weighted by Gasteiger charge is -2.41. The molecule has 0 spiro atoms. The lowest BCUT2D eigenvalue weighted by atomic mass is 9.66. The van der Waals surface area contributed by atoms with E-state index in [2.05, 4.69) is 9.97 Å². The Kier molecular flexibility index (Phi) is 5.36. The third kappa shape index (κ3) is 3.26. The molecule has 178 valence electrons.